The molecule has 1 aliphatic rings. The van der Waals surface area contributed by atoms with Crippen LogP contribution in [0.25, 0.3) is 0 Å². The summed E-state index contributed by atoms with van der Waals surface area (Å²) in [7, 11) is 1.71. The predicted molar refractivity (Wildman–Crippen MR) is 89.8 cm³/mol. The third-order valence-corrected chi connectivity index (χ3v) is 4.61. The van der Waals surface area contributed by atoms with Gasteiger partial charge in [0.25, 0.3) is 0 Å². The smallest absolute Gasteiger partial charge is 0.0794 e. The molecule has 0 radical (unpaired) electrons. The Balaban J connectivity index is 1.98. The first-order valence-electron chi connectivity index (χ1n) is 7.47. The molecule has 1 aliphatic heterocycles. The minimum absolute atomic E-state index is 0.578. The van der Waals surface area contributed by atoms with E-state index in [1.165, 1.54) is 11.3 Å². The molecule has 118 valence electrons. The maximum Gasteiger partial charge on any atom is 0.0794 e. The van der Waals surface area contributed by atoms with E-state index in [2.05, 4.69) is 44.3 Å². The standard InChI is InChI=1S/C16H25BrN2O2/c1-16(20)6-3-8-19(12-16)14-5-4-13(15(17)10-14)11-18-7-9-21-2/h4-5,10,18,20H,3,6-9,11-12H2,1-2H3. The molecule has 1 aromatic carbocycles. The number of β-amino-alcohol motifs (C(OH)–C–C–N with tert-alkyl or cyclic N) is 1. The van der Waals surface area contributed by atoms with Crippen molar-refractivity contribution in [2.24, 2.45) is 0 Å². The van der Waals surface area contributed by atoms with Crippen LogP contribution in [0.5, 0.6) is 0 Å². The molecule has 2 rings (SSSR count). The summed E-state index contributed by atoms with van der Waals surface area (Å²) < 4.78 is 6.13. The van der Waals surface area contributed by atoms with Gasteiger partial charge in [-0.25, -0.2) is 0 Å². The van der Waals surface area contributed by atoms with Crippen LogP contribution < -0.4 is 10.2 Å². The third-order valence-electron chi connectivity index (χ3n) is 3.88. The molecule has 0 aliphatic carbocycles. The van der Waals surface area contributed by atoms with E-state index < -0.39 is 5.60 Å². The summed E-state index contributed by atoms with van der Waals surface area (Å²) in [6.07, 6.45) is 1.91. The molecule has 1 saturated heterocycles. The number of hydrogen-bond acceptors (Lipinski definition) is 4. The normalized spacial score (nSPS) is 22.6. The number of benzene rings is 1. The summed E-state index contributed by atoms with van der Waals surface area (Å²) in [6.45, 7) is 6.02. The Morgan fingerprint density at radius 2 is 2.29 bits per heavy atom. The summed E-state index contributed by atoms with van der Waals surface area (Å²) in [5.74, 6) is 0. The van der Waals surface area contributed by atoms with Gasteiger partial charge in [0.1, 0.15) is 0 Å². The highest BCUT2D eigenvalue weighted by Gasteiger charge is 2.28. The Kier molecular flexibility index (Phi) is 6.05. The van der Waals surface area contributed by atoms with Gasteiger partial charge in [0, 0.05) is 43.4 Å². The number of methoxy groups -OCH3 is 1. The SMILES string of the molecule is COCCNCc1ccc(N2CCCC(C)(O)C2)cc1Br. The van der Waals surface area contributed by atoms with Crippen molar-refractivity contribution in [3.05, 3.63) is 28.2 Å². The number of nitrogens with zero attached hydrogens (tertiary/aromatic N) is 1. The van der Waals surface area contributed by atoms with E-state index in [9.17, 15) is 5.11 Å². The number of ether oxygens (including phenoxy) is 1. The number of piperidine rings is 1. The lowest BCUT2D eigenvalue weighted by atomic mass is 9.94. The predicted octanol–water partition coefficient (Wildman–Crippen LogP) is 2.54. The minimum atomic E-state index is -0.578. The minimum Gasteiger partial charge on any atom is -0.388 e. The van der Waals surface area contributed by atoms with Gasteiger partial charge < -0.3 is 20.1 Å². The van der Waals surface area contributed by atoms with E-state index >= 15 is 0 Å². The van der Waals surface area contributed by atoms with Gasteiger partial charge in [-0.15, -0.1) is 0 Å². The van der Waals surface area contributed by atoms with Crippen LogP contribution in [0.15, 0.2) is 22.7 Å². The van der Waals surface area contributed by atoms with Gasteiger partial charge in [-0.3, -0.25) is 0 Å². The lowest BCUT2D eigenvalue weighted by molar-refractivity contribution is 0.0449. The van der Waals surface area contributed by atoms with E-state index in [0.29, 0.717) is 6.54 Å². The molecule has 2 N–H and O–H groups in total. The molecule has 4 nitrogen and oxygen atoms in total. The van der Waals surface area contributed by atoms with Gasteiger partial charge >= 0.3 is 0 Å². The summed E-state index contributed by atoms with van der Waals surface area (Å²) in [4.78, 5) is 2.26. The van der Waals surface area contributed by atoms with Gasteiger partial charge in [0.05, 0.1) is 12.2 Å². The summed E-state index contributed by atoms with van der Waals surface area (Å²) >= 11 is 3.65. The van der Waals surface area contributed by atoms with E-state index in [1.807, 2.05) is 6.92 Å². The first-order chi connectivity index (χ1) is 10.0. The second-order valence-corrected chi connectivity index (χ2v) is 6.82. The monoisotopic (exact) mass is 356 g/mol. The molecule has 1 fully saturated rings. The fraction of sp³-hybridized carbons (Fsp3) is 0.625. The largest absolute Gasteiger partial charge is 0.388 e. The molecular weight excluding hydrogens is 332 g/mol. The second kappa shape index (κ2) is 7.58. The summed E-state index contributed by atoms with van der Waals surface area (Å²) in [5, 5.41) is 13.6. The number of hydrogen-bond donors (Lipinski definition) is 2. The fourth-order valence-corrected chi connectivity index (χ4v) is 3.22. The maximum absolute atomic E-state index is 10.2. The third kappa shape index (κ3) is 4.95. The molecule has 0 aromatic heterocycles. The molecule has 1 aromatic rings. The molecule has 1 heterocycles. The van der Waals surface area contributed by atoms with Gasteiger partial charge in [-0.1, -0.05) is 22.0 Å². The Bertz CT molecular complexity index is 466. The zero-order valence-corrected chi connectivity index (χ0v) is 14.4. The van der Waals surface area contributed by atoms with E-state index in [-0.39, 0.29) is 0 Å². The molecule has 21 heavy (non-hydrogen) atoms. The average Bonchev–Trinajstić information content (AvgIpc) is 2.44. The Hall–Kier alpha value is -0.620. The van der Waals surface area contributed by atoms with Crippen molar-refractivity contribution in [2.45, 2.75) is 31.9 Å². The Morgan fingerprint density at radius 1 is 1.48 bits per heavy atom. The van der Waals surface area contributed by atoms with Crippen molar-refractivity contribution in [1.29, 1.82) is 0 Å². The van der Waals surface area contributed by atoms with Crippen molar-refractivity contribution in [3.8, 4) is 0 Å². The van der Waals surface area contributed by atoms with Gasteiger partial charge in [-0.05, 0) is 37.5 Å². The number of nitrogens with one attached hydrogen (secondary N) is 1. The second-order valence-electron chi connectivity index (χ2n) is 5.97. The number of rotatable bonds is 6. The Labute approximate surface area is 135 Å². The van der Waals surface area contributed by atoms with E-state index in [1.54, 1.807) is 7.11 Å². The average molecular weight is 357 g/mol. The zero-order valence-electron chi connectivity index (χ0n) is 12.9. The molecule has 1 unspecified atom stereocenters. The summed E-state index contributed by atoms with van der Waals surface area (Å²) in [5.41, 5.74) is 1.83. The quantitative estimate of drug-likeness (QED) is 0.768. The van der Waals surface area contributed by atoms with Crippen LogP contribution in [0.1, 0.15) is 25.3 Å². The van der Waals surface area contributed by atoms with Crippen LogP contribution in [0.4, 0.5) is 5.69 Å². The van der Waals surface area contributed by atoms with Crippen LogP contribution >= 0.6 is 15.9 Å². The molecule has 0 spiro atoms. The number of halogens is 1. The van der Waals surface area contributed by atoms with Crippen molar-refractivity contribution >= 4 is 21.6 Å². The molecule has 1 atom stereocenters. The van der Waals surface area contributed by atoms with Crippen LogP contribution in [-0.2, 0) is 11.3 Å². The highest BCUT2D eigenvalue weighted by Crippen LogP contribution is 2.29. The van der Waals surface area contributed by atoms with E-state index in [0.717, 1.165) is 43.6 Å². The fourth-order valence-electron chi connectivity index (χ4n) is 2.71. The highest BCUT2D eigenvalue weighted by molar-refractivity contribution is 9.10. The van der Waals surface area contributed by atoms with Crippen LogP contribution in [0, 0.1) is 0 Å². The van der Waals surface area contributed by atoms with Crippen molar-refractivity contribution in [1.82, 2.24) is 5.32 Å². The van der Waals surface area contributed by atoms with Crippen LogP contribution in [0.3, 0.4) is 0 Å². The lowest BCUT2D eigenvalue weighted by Crippen LogP contribution is -2.46. The highest BCUT2D eigenvalue weighted by atomic mass is 79.9. The molecule has 0 bridgehead atoms. The van der Waals surface area contributed by atoms with Gasteiger partial charge in [0.2, 0.25) is 0 Å². The van der Waals surface area contributed by atoms with Gasteiger partial charge in [-0.2, -0.15) is 0 Å². The first kappa shape index (κ1) is 16.7. The molecule has 0 saturated carbocycles. The van der Waals surface area contributed by atoms with Gasteiger partial charge in [0.15, 0.2) is 0 Å². The first-order valence-corrected chi connectivity index (χ1v) is 8.26. The van der Waals surface area contributed by atoms with Crippen molar-refractivity contribution < 1.29 is 9.84 Å². The maximum atomic E-state index is 10.2. The van der Waals surface area contributed by atoms with Crippen LogP contribution in [0.2, 0.25) is 0 Å². The number of anilines is 1. The van der Waals surface area contributed by atoms with E-state index in [4.69, 9.17) is 4.74 Å². The van der Waals surface area contributed by atoms with Crippen molar-refractivity contribution in [3.63, 3.8) is 0 Å². The molecule has 0 amide bonds. The van der Waals surface area contributed by atoms with Crippen molar-refractivity contribution in [2.75, 3.05) is 38.3 Å². The molecular formula is C16H25BrN2O2. The zero-order chi connectivity index (χ0) is 15.3. The lowest BCUT2D eigenvalue weighted by Gasteiger charge is -2.38. The van der Waals surface area contributed by atoms with Crippen LogP contribution in [-0.4, -0.2) is 44.1 Å². The summed E-state index contributed by atoms with van der Waals surface area (Å²) in [6, 6.07) is 6.43. The number of aliphatic hydroxyl groups is 1. The Morgan fingerprint density at radius 3 is 2.95 bits per heavy atom. The molecule has 5 heteroatoms. The topological polar surface area (TPSA) is 44.7 Å².